The predicted molar refractivity (Wildman–Crippen MR) is 96.2 cm³/mol. The zero-order valence-corrected chi connectivity index (χ0v) is 14.1. The number of hydrogen-bond acceptors (Lipinski definition) is 5. The fourth-order valence-corrected chi connectivity index (χ4v) is 4.50. The second-order valence-electron chi connectivity index (χ2n) is 7.19. The van der Waals surface area contributed by atoms with E-state index in [1.165, 1.54) is 31.2 Å². The van der Waals surface area contributed by atoms with Gasteiger partial charge < -0.3 is 5.32 Å². The monoisotopic (exact) mass is 334 g/mol. The van der Waals surface area contributed by atoms with E-state index in [0.29, 0.717) is 18.1 Å². The largest absolute Gasteiger partial charge is 0.364 e. The van der Waals surface area contributed by atoms with Crippen molar-refractivity contribution >= 4 is 11.5 Å². The molecule has 6 heteroatoms. The number of hydrogen-bond donors (Lipinski definition) is 1. The Morgan fingerprint density at radius 3 is 2.68 bits per heavy atom. The van der Waals surface area contributed by atoms with Crippen molar-refractivity contribution in [1.82, 2.24) is 24.5 Å². The van der Waals surface area contributed by atoms with E-state index in [0.717, 1.165) is 18.0 Å². The number of rotatable bonds is 4. The van der Waals surface area contributed by atoms with Crippen molar-refractivity contribution < 1.29 is 0 Å². The summed E-state index contributed by atoms with van der Waals surface area (Å²) in [6.07, 6.45) is 10.3. The molecule has 2 saturated heterocycles. The van der Waals surface area contributed by atoms with Crippen LogP contribution in [0.15, 0.2) is 49.1 Å². The normalized spacial score (nSPS) is 26.2. The van der Waals surface area contributed by atoms with Crippen LogP contribution < -0.4 is 5.32 Å². The summed E-state index contributed by atoms with van der Waals surface area (Å²) in [4.78, 5) is 7.19. The topological polar surface area (TPSA) is 58.4 Å². The highest BCUT2D eigenvalue weighted by Crippen LogP contribution is 2.37. The van der Waals surface area contributed by atoms with Crippen LogP contribution in [0.3, 0.4) is 0 Å². The summed E-state index contributed by atoms with van der Waals surface area (Å²) in [7, 11) is 0. The van der Waals surface area contributed by atoms with E-state index in [2.05, 4.69) is 55.7 Å². The van der Waals surface area contributed by atoms with Gasteiger partial charge in [-0.2, -0.15) is 0 Å². The summed E-state index contributed by atoms with van der Waals surface area (Å²) in [5, 5.41) is 11.8. The van der Waals surface area contributed by atoms with Crippen LogP contribution in [0.4, 0.5) is 5.82 Å². The molecule has 2 aliphatic rings. The summed E-state index contributed by atoms with van der Waals surface area (Å²) < 4.78 is 1.91. The molecule has 1 aromatic carbocycles. The molecule has 0 unspecified atom stereocenters. The molecular weight excluding hydrogens is 312 g/mol. The zero-order chi connectivity index (χ0) is 16.6. The van der Waals surface area contributed by atoms with E-state index in [4.69, 9.17) is 0 Å². The first-order chi connectivity index (χ1) is 12.4. The highest BCUT2D eigenvalue weighted by Gasteiger charge is 2.40. The molecular formula is C19H22N6. The Labute approximate surface area is 146 Å². The van der Waals surface area contributed by atoms with E-state index >= 15 is 0 Å². The molecule has 2 fully saturated rings. The quantitative estimate of drug-likeness (QED) is 0.795. The van der Waals surface area contributed by atoms with Crippen LogP contribution in [0.25, 0.3) is 5.65 Å². The standard InChI is InChI=1S/C19H22N6/c1-2-4-14(5-3-1)12-25-16-6-7-17(25)11-15(10-16)22-18-19-23-21-13-24(19)9-8-20-18/h1-5,8-9,13,15-17H,6-7,10-12H2,(H,20,22)/t16-,17-/m0/s1. The van der Waals surface area contributed by atoms with Crippen LogP contribution in [-0.2, 0) is 6.54 Å². The van der Waals surface area contributed by atoms with Crippen LogP contribution in [0.1, 0.15) is 31.2 Å². The number of fused-ring (bicyclic) bond motifs is 3. The molecule has 0 aliphatic carbocycles. The zero-order valence-electron chi connectivity index (χ0n) is 14.1. The minimum Gasteiger partial charge on any atom is -0.364 e. The lowest BCUT2D eigenvalue weighted by Crippen LogP contribution is -2.46. The van der Waals surface area contributed by atoms with Gasteiger partial charge in [0.2, 0.25) is 5.65 Å². The molecule has 0 saturated carbocycles. The third-order valence-corrected chi connectivity index (χ3v) is 5.65. The van der Waals surface area contributed by atoms with Crippen molar-refractivity contribution in [3.63, 3.8) is 0 Å². The van der Waals surface area contributed by atoms with Crippen molar-refractivity contribution in [3.05, 3.63) is 54.6 Å². The van der Waals surface area contributed by atoms with Crippen molar-refractivity contribution in [2.45, 2.75) is 50.4 Å². The SMILES string of the molecule is c1ccc(CN2[C@H]3CC[C@H]2CC(Nc2nccn4cnnc24)C3)cc1. The van der Waals surface area contributed by atoms with E-state index in [9.17, 15) is 0 Å². The number of nitrogens with one attached hydrogen (secondary N) is 1. The molecule has 128 valence electrons. The maximum atomic E-state index is 4.48. The number of piperidine rings is 1. The van der Waals surface area contributed by atoms with Gasteiger partial charge in [-0.05, 0) is 31.2 Å². The number of benzene rings is 1. The minimum atomic E-state index is 0.458. The summed E-state index contributed by atoms with van der Waals surface area (Å²) in [5.41, 5.74) is 2.22. The Balaban J connectivity index is 1.30. The molecule has 5 rings (SSSR count). The van der Waals surface area contributed by atoms with Crippen LogP contribution in [0.2, 0.25) is 0 Å². The predicted octanol–water partition coefficient (Wildman–Crippen LogP) is 2.73. The van der Waals surface area contributed by atoms with Crippen LogP contribution in [0, 0.1) is 0 Å². The van der Waals surface area contributed by atoms with Gasteiger partial charge in [0.15, 0.2) is 5.82 Å². The lowest BCUT2D eigenvalue weighted by molar-refractivity contribution is 0.124. The molecule has 3 aromatic rings. The first-order valence-corrected chi connectivity index (χ1v) is 9.07. The third-order valence-electron chi connectivity index (χ3n) is 5.65. The molecule has 0 amide bonds. The molecule has 6 nitrogen and oxygen atoms in total. The average Bonchev–Trinajstić information content (AvgIpc) is 3.20. The van der Waals surface area contributed by atoms with E-state index < -0.39 is 0 Å². The van der Waals surface area contributed by atoms with Crippen molar-refractivity contribution in [2.75, 3.05) is 5.32 Å². The Morgan fingerprint density at radius 2 is 1.88 bits per heavy atom. The highest BCUT2D eigenvalue weighted by atomic mass is 15.3. The third kappa shape index (κ3) is 2.76. The van der Waals surface area contributed by atoms with Gasteiger partial charge in [-0.15, -0.1) is 10.2 Å². The molecule has 2 aliphatic heterocycles. The maximum absolute atomic E-state index is 4.48. The first-order valence-electron chi connectivity index (χ1n) is 9.07. The van der Waals surface area contributed by atoms with Crippen molar-refractivity contribution in [2.24, 2.45) is 0 Å². The number of aromatic nitrogens is 4. The molecule has 4 heterocycles. The fraction of sp³-hybridized carbons (Fsp3) is 0.421. The Hall–Kier alpha value is -2.47. The summed E-state index contributed by atoms with van der Waals surface area (Å²) >= 11 is 0. The van der Waals surface area contributed by atoms with Gasteiger partial charge in [-0.25, -0.2) is 4.98 Å². The lowest BCUT2D eigenvalue weighted by Gasteiger charge is -2.39. The average molecular weight is 334 g/mol. The van der Waals surface area contributed by atoms with Gasteiger partial charge in [0, 0.05) is 37.1 Å². The van der Waals surface area contributed by atoms with Gasteiger partial charge >= 0.3 is 0 Å². The second-order valence-corrected chi connectivity index (χ2v) is 7.19. The van der Waals surface area contributed by atoms with Gasteiger partial charge in [-0.1, -0.05) is 30.3 Å². The Kier molecular flexibility index (Phi) is 3.63. The summed E-state index contributed by atoms with van der Waals surface area (Å²) in [6, 6.07) is 12.6. The summed E-state index contributed by atoms with van der Waals surface area (Å²) in [6.45, 7) is 1.07. The van der Waals surface area contributed by atoms with Crippen molar-refractivity contribution in [1.29, 1.82) is 0 Å². The van der Waals surface area contributed by atoms with Gasteiger partial charge in [0.05, 0.1) is 0 Å². The number of nitrogens with zero attached hydrogens (tertiary/aromatic N) is 5. The highest BCUT2D eigenvalue weighted by molar-refractivity contribution is 5.61. The van der Waals surface area contributed by atoms with Crippen LogP contribution in [-0.4, -0.2) is 42.6 Å². The van der Waals surface area contributed by atoms with Gasteiger partial charge in [0.1, 0.15) is 6.33 Å². The molecule has 1 N–H and O–H groups in total. The Morgan fingerprint density at radius 1 is 1.08 bits per heavy atom. The minimum absolute atomic E-state index is 0.458. The van der Waals surface area contributed by atoms with Gasteiger partial charge in [0.25, 0.3) is 0 Å². The summed E-state index contributed by atoms with van der Waals surface area (Å²) in [5.74, 6) is 0.848. The van der Waals surface area contributed by atoms with E-state index in [-0.39, 0.29) is 0 Å². The van der Waals surface area contributed by atoms with Gasteiger partial charge in [-0.3, -0.25) is 9.30 Å². The smallest absolute Gasteiger partial charge is 0.203 e. The fourth-order valence-electron chi connectivity index (χ4n) is 4.50. The molecule has 2 atom stereocenters. The maximum Gasteiger partial charge on any atom is 0.203 e. The molecule has 25 heavy (non-hydrogen) atoms. The van der Waals surface area contributed by atoms with Crippen LogP contribution in [0.5, 0.6) is 0 Å². The number of anilines is 1. The molecule has 0 spiro atoms. The van der Waals surface area contributed by atoms with Crippen LogP contribution >= 0.6 is 0 Å². The second kappa shape index (κ2) is 6.11. The lowest BCUT2D eigenvalue weighted by atomic mass is 9.96. The van der Waals surface area contributed by atoms with E-state index in [1.807, 2.05) is 10.6 Å². The van der Waals surface area contributed by atoms with Crippen molar-refractivity contribution in [3.8, 4) is 0 Å². The molecule has 2 aromatic heterocycles. The first kappa shape index (κ1) is 14.8. The van der Waals surface area contributed by atoms with E-state index in [1.54, 1.807) is 12.5 Å². The Bertz CT molecular complexity index is 846. The molecule has 0 radical (unpaired) electrons. The molecule has 2 bridgehead atoms.